The fourth-order valence-corrected chi connectivity index (χ4v) is 0.975. The van der Waals surface area contributed by atoms with Gasteiger partial charge >= 0.3 is 0 Å². The molecule has 1 unspecified atom stereocenters. The van der Waals surface area contributed by atoms with Gasteiger partial charge in [0.15, 0.2) is 0 Å². The molecule has 0 radical (unpaired) electrons. The third kappa shape index (κ3) is 2.73. The minimum atomic E-state index is -0.704. The van der Waals surface area contributed by atoms with Crippen LogP contribution in [0.1, 0.15) is 12.5 Å². The van der Waals surface area contributed by atoms with E-state index in [1.54, 1.807) is 13.0 Å². The lowest BCUT2D eigenvalue weighted by atomic mass is 10.1. The predicted octanol–water partition coefficient (Wildman–Crippen LogP) is 1.97. The van der Waals surface area contributed by atoms with Gasteiger partial charge in [-0.1, -0.05) is 30.3 Å². The van der Waals surface area contributed by atoms with Gasteiger partial charge in [-0.05, 0) is 18.6 Å². The molecule has 2 nitrogen and oxygen atoms in total. The molecule has 1 atom stereocenters. The Morgan fingerprint density at radius 3 is 2.54 bits per heavy atom. The molecule has 0 amide bonds. The minimum Gasteiger partial charge on any atom is -0.388 e. The first kappa shape index (κ1) is 9.50. The second-order valence-electron chi connectivity index (χ2n) is 2.80. The first-order valence-corrected chi connectivity index (χ1v) is 4.09. The molecule has 1 N–H and O–H groups in total. The Hall–Kier alpha value is -1.59. The number of nitriles is 1. The fraction of sp³-hybridized carbons (Fsp3) is 0.182. The zero-order valence-corrected chi connectivity index (χ0v) is 7.44. The molecule has 0 heterocycles. The van der Waals surface area contributed by atoms with Gasteiger partial charge in [-0.15, -0.1) is 0 Å². The van der Waals surface area contributed by atoms with Gasteiger partial charge in [0.05, 0.1) is 17.7 Å². The van der Waals surface area contributed by atoms with Gasteiger partial charge in [-0.2, -0.15) is 5.26 Å². The predicted molar refractivity (Wildman–Crippen MR) is 51.7 cm³/mol. The minimum absolute atomic E-state index is 0.381. The van der Waals surface area contributed by atoms with E-state index in [-0.39, 0.29) is 0 Å². The molecule has 0 aromatic heterocycles. The molecule has 0 aliphatic carbocycles. The molecule has 1 aromatic rings. The Kier molecular flexibility index (Phi) is 3.24. The van der Waals surface area contributed by atoms with Crippen molar-refractivity contribution in [2.24, 2.45) is 0 Å². The van der Waals surface area contributed by atoms with Crippen LogP contribution in [0.25, 0.3) is 6.08 Å². The first-order chi connectivity index (χ1) is 6.24. The third-order valence-electron chi connectivity index (χ3n) is 1.70. The highest BCUT2D eigenvalue weighted by atomic mass is 16.3. The largest absolute Gasteiger partial charge is 0.388 e. The molecule has 0 bridgehead atoms. The number of rotatable bonds is 2. The van der Waals surface area contributed by atoms with Crippen molar-refractivity contribution in [2.75, 3.05) is 0 Å². The maximum atomic E-state index is 9.18. The van der Waals surface area contributed by atoms with Crippen LogP contribution in [-0.4, -0.2) is 11.2 Å². The lowest BCUT2D eigenvalue weighted by Crippen LogP contribution is -2.01. The maximum absolute atomic E-state index is 9.18. The molecule has 13 heavy (non-hydrogen) atoms. The van der Waals surface area contributed by atoms with Crippen molar-refractivity contribution < 1.29 is 5.11 Å². The van der Waals surface area contributed by atoms with Crippen LogP contribution in [-0.2, 0) is 0 Å². The monoisotopic (exact) mass is 173 g/mol. The number of aliphatic hydroxyl groups excluding tert-OH is 1. The van der Waals surface area contributed by atoms with Crippen molar-refractivity contribution in [3.05, 3.63) is 41.5 Å². The van der Waals surface area contributed by atoms with Crippen molar-refractivity contribution in [1.82, 2.24) is 0 Å². The van der Waals surface area contributed by atoms with E-state index in [4.69, 9.17) is 5.26 Å². The zero-order valence-electron chi connectivity index (χ0n) is 7.44. The van der Waals surface area contributed by atoms with Gasteiger partial charge in [0, 0.05) is 0 Å². The molecule has 0 spiro atoms. The van der Waals surface area contributed by atoms with E-state index in [2.05, 4.69) is 0 Å². The zero-order chi connectivity index (χ0) is 9.68. The lowest BCUT2D eigenvalue weighted by Gasteiger charge is -2.00. The molecule has 2 heteroatoms. The van der Waals surface area contributed by atoms with Gasteiger partial charge in [0.1, 0.15) is 0 Å². The van der Waals surface area contributed by atoms with Crippen LogP contribution in [0.15, 0.2) is 35.9 Å². The first-order valence-electron chi connectivity index (χ1n) is 4.09. The number of hydrogen-bond donors (Lipinski definition) is 1. The summed E-state index contributed by atoms with van der Waals surface area (Å²) in [6.45, 7) is 1.58. The van der Waals surface area contributed by atoms with Crippen molar-refractivity contribution in [3.8, 4) is 6.07 Å². The summed E-state index contributed by atoms with van der Waals surface area (Å²) in [5, 5.41) is 17.9. The van der Waals surface area contributed by atoms with Crippen LogP contribution in [0.4, 0.5) is 0 Å². The highest BCUT2D eigenvalue weighted by molar-refractivity contribution is 5.57. The molecule has 0 saturated heterocycles. The lowest BCUT2D eigenvalue weighted by molar-refractivity contribution is 0.237. The van der Waals surface area contributed by atoms with Crippen LogP contribution < -0.4 is 0 Å². The van der Waals surface area contributed by atoms with Gasteiger partial charge in [0.2, 0.25) is 0 Å². The number of aliphatic hydroxyl groups is 1. The van der Waals surface area contributed by atoms with E-state index in [1.165, 1.54) is 0 Å². The fourth-order valence-electron chi connectivity index (χ4n) is 0.975. The van der Waals surface area contributed by atoms with Crippen molar-refractivity contribution in [1.29, 1.82) is 5.26 Å². The summed E-state index contributed by atoms with van der Waals surface area (Å²) in [4.78, 5) is 0. The molecule has 0 saturated carbocycles. The second kappa shape index (κ2) is 4.44. The average Bonchev–Trinajstić information content (AvgIpc) is 2.15. The van der Waals surface area contributed by atoms with E-state index in [1.807, 2.05) is 36.4 Å². The summed E-state index contributed by atoms with van der Waals surface area (Å²) in [7, 11) is 0. The Morgan fingerprint density at radius 2 is 2.08 bits per heavy atom. The molecule has 0 fully saturated rings. The van der Waals surface area contributed by atoms with E-state index >= 15 is 0 Å². The van der Waals surface area contributed by atoms with Gasteiger partial charge < -0.3 is 5.11 Å². The average molecular weight is 173 g/mol. The van der Waals surface area contributed by atoms with Crippen molar-refractivity contribution >= 4 is 6.08 Å². The quantitative estimate of drug-likeness (QED) is 0.695. The Labute approximate surface area is 77.8 Å². The van der Waals surface area contributed by atoms with Crippen LogP contribution in [0.5, 0.6) is 0 Å². The highest BCUT2D eigenvalue weighted by Crippen LogP contribution is 2.08. The smallest absolute Gasteiger partial charge is 0.0974 e. The van der Waals surface area contributed by atoms with Crippen molar-refractivity contribution in [3.63, 3.8) is 0 Å². The van der Waals surface area contributed by atoms with Crippen LogP contribution in [0.2, 0.25) is 0 Å². The summed E-state index contributed by atoms with van der Waals surface area (Å²) >= 11 is 0. The van der Waals surface area contributed by atoms with E-state index in [0.717, 1.165) is 5.56 Å². The Bertz CT molecular complexity index is 333. The SMILES string of the molecule is CC(O)/C(C#N)=C/c1ccccc1. The van der Waals surface area contributed by atoms with E-state index in [0.29, 0.717) is 5.57 Å². The van der Waals surface area contributed by atoms with Crippen LogP contribution >= 0.6 is 0 Å². The van der Waals surface area contributed by atoms with E-state index in [9.17, 15) is 5.11 Å². The number of hydrogen-bond acceptors (Lipinski definition) is 2. The summed E-state index contributed by atoms with van der Waals surface area (Å²) in [6.07, 6.45) is 0.982. The molecule has 1 rings (SSSR count). The van der Waals surface area contributed by atoms with Crippen LogP contribution in [0.3, 0.4) is 0 Å². The summed E-state index contributed by atoms with van der Waals surface area (Å²) in [5.41, 5.74) is 1.31. The van der Waals surface area contributed by atoms with Gasteiger partial charge in [-0.3, -0.25) is 0 Å². The molecular formula is C11H11NO. The standard InChI is InChI=1S/C11H11NO/c1-9(13)11(8-12)7-10-5-3-2-4-6-10/h2-7,9,13H,1H3/b11-7+. The summed E-state index contributed by atoms with van der Waals surface area (Å²) in [5.74, 6) is 0. The number of benzene rings is 1. The normalized spacial score (nSPS) is 13.5. The van der Waals surface area contributed by atoms with Crippen molar-refractivity contribution in [2.45, 2.75) is 13.0 Å². The molecular weight excluding hydrogens is 162 g/mol. The Balaban J connectivity index is 2.94. The van der Waals surface area contributed by atoms with Crippen LogP contribution in [0, 0.1) is 11.3 Å². The maximum Gasteiger partial charge on any atom is 0.0974 e. The molecule has 66 valence electrons. The highest BCUT2D eigenvalue weighted by Gasteiger charge is 2.02. The molecule has 0 aliphatic heterocycles. The van der Waals surface area contributed by atoms with Gasteiger partial charge in [-0.25, -0.2) is 0 Å². The van der Waals surface area contributed by atoms with E-state index < -0.39 is 6.10 Å². The number of nitrogens with zero attached hydrogens (tertiary/aromatic N) is 1. The topological polar surface area (TPSA) is 44.0 Å². The molecule has 0 aliphatic rings. The summed E-state index contributed by atoms with van der Waals surface area (Å²) in [6, 6.07) is 11.4. The molecule has 1 aromatic carbocycles. The Morgan fingerprint density at radius 1 is 1.46 bits per heavy atom. The third-order valence-corrected chi connectivity index (χ3v) is 1.70. The van der Waals surface area contributed by atoms with Gasteiger partial charge in [0.25, 0.3) is 0 Å². The summed E-state index contributed by atoms with van der Waals surface area (Å²) < 4.78 is 0. The second-order valence-corrected chi connectivity index (χ2v) is 2.80.